The summed E-state index contributed by atoms with van der Waals surface area (Å²) in [6, 6.07) is 15.9. The molecule has 5 rings (SSSR count). The molecule has 0 atom stereocenters. The van der Waals surface area contributed by atoms with E-state index in [2.05, 4.69) is 20.6 Å². The quantitative estimate of drug-likeness (QED) is 0.173. The molecular formula is C28H23ClF3N5O5S. The van der Waals surface area contributed by atoms with Crippen LogP contribution in [0.25, 0.3) is 11.0 Å². The maximum absolute atomic E-state index is 12.8. The Balaban J connectivity index is 0.000000324. The number of ether oxygens (including phenoxy) is 1. The normalized spacial score (nSPS) is 11.4. The maximum atomic E-state index is 12.8. The zero-order valence-electron chi connectivity index (χ0n) is 22.4. The third kappa shape index (κ3) is 8.22. The fraction of sp³-hybridized carbons (Fsp3) is 0.107. The van der Waals surface area contributed by atoms with Crippen molar-refractivity contribution in [2.45, 2.75) is 18.0 Å². The van der Waals surface area contributed by atoms with Crippen molar-refractivity contribution in [3.05, 3.63) is 101 Å². The van der Waals surface area contributed by atoms with Gasteiger partial charge in [0.15, 0.2) is 0 Å². The molecule has 0 radical (unpaired) electrons. The highest BCUT2D eigenvalue weighted by atomic mass is 35.5. The summed E-state index contributed by atoms with van der Waals surface area (Å²) in [5, 5.41) is 5.01. The SMILES string of the molecule is Cc1ccc(S(=O)(=O)O)cc1.Cn1ccc2ncnc(Oc3ccc(NC(=O)Nc4cccc(C(F)(F)F)c4)c(Cl)c3)c21. The lowest BCUT2D eigenvalue weighted by atomic mass is 10.2. The molecular weight excluding hydrogens is 611 g/mol. The molecule has 0 aliphatic heterocycles. The van der Waals surface area contributed by atoms with Crippen molar-refractivity contribution in [2.24, 2.45) is 7.05 Å². The molecule has 0 bridgehead atoms. The number of nitrogens with one attached hydrogen (secondary N) is 2. The first kappa shape index (κ1) is 31.3. The molecule has 0 unspecified atom stereocenters. The molecule has 5 aromatic rings. The molecule has 0 saturated heterocycles. The van der Waals surface area contributed by atoms with Gasteiger partial charge in [0.2, 0.25) is 5.88 Å². The second kappa shape index (κ2) is 12.7. The van der Waals surface area contributed by atoms with Crippen molar-refractivity contribution in [1.29, 1.82) is 0 Å². The van der Waals surface area contributed by atoms with E-state index in [-0.39, 0.29) is 21.3 Å². The molecule has 10 nitrogen and oxygen atoms in total. The van der Waals surface area contributed by atoms with E-state index in [1.165, 1.54) is 42.7 Å². The number of amides is 2. The Kier molecular flexibility index (Phi) is 9.23. The van der Waals surface area contributed by atoms with Gasteiger partial charge in [-0.2, -0.15) is 26.6 Å². The summed E-state index contributed by atoms with van der Waals surface area (Å²) in [5.41, 5.74) is 1.74. The smallest absolute Gasteiger partial charge is 0.416 e. The summed E-state index contributed by atoms with van der Waals surface area (Å²) in [4.78, 5) is 20.5. The van der Waals surface area contributed by atoms with Gasteiger partial charge in [-0.05, 0) is 55.5 Å². The lowest BCUT2D eigenvalue weighted by molar-refractivity contribution is -0.137. The van der Waals surface area contributed by atoms with E-state index >= 15 is 0 Å². The van der Waals surface area contributed by atoms with Crippen molar-refractivity contribution in [3.8, 4) is 11.6 Å². The monoisotopic (exact) mass is 633 g/mol. The van der Waals surface area contributed by atoms with Gasteiger partial charge in [0.05, 0.1) is 26.7 Å². The van der Waals surface area contributed by atoms with Crippen molar-refractivity contribution in [2.75, 3.05) is 10.6 Å². The van der Waals surface area contributed by atoms with Gasteiger partial charge >= 0.3 is 12.2 Å². The Bertz CT molecular complexity index is 1880. The molecule has 3 N–H and O–H groups in total. The van der Waals surface area contributed by atoms with E-state index < -0.39 is 27.9 Å². The summed E-state index contributed by atoms with van der Waals surface area (Å²) < 4.78 is 75.7. The molecule has 0 saturated carbocycles. The molecule has 15 heteroatoms. The van der Waals surface area contributed by atoms with Crippen LogP contribution >= 0.6 is 11.6 Å². The number of anilines is 2. The van der Waals surface area contributed by atoms with Gasteiger partial charge < -0.3 is 19.9 Å². The summed E-state index contributed by atoms with van der Waals surface area (Å²) >= 11 is 6.25. The number of aryl methyl sites for hydroxylation is 2. The standard InChI is InChI=1S/C21H15ClF3N5O2.C7H8O3S/c1-30-8-7-17-18(30)19(27-11-26-17)32-14-5-6-16(15(22)10-14)29-20(31)28-13-4-2-3-12(9-13)21(23,24)25;1-6-2-4-7(5-3-6)11(8,9)10/h2-11H,1H3,(H2,28,29,31);2-5H,1H3,(H,8,9,10). The zero-order valence-corrected chi connectivity index (χ0v) is 24.0. The fourth-order valence-electron chi connectivity index (χ4n) is 3.70. The number of fused-ring (bicyclic) bond motifs is 1. The zero-order chi connectivity index (χ0) is 31.4. The van der Waals surface area contributed by atoms with Crippen LogP contribution in [0.3, 0.4) is 0 Å². The number of alkyl halides is 3. The number of benzene rings is 3. The van der Waals surface area contributed by atoms with Crippen LogP contribution < -0.4 is 15.4 Å². The van der Waals surface area contributed by atoms with Crippen molar-refractivity contribution >= 4 is 50.2 Å². The van der Waals surface area contributed by atoms with E-state index in [9.17, 15) is 26.4 Å². The lowest BCUT2D eigenvalue weighted by Crippen LogP contribution is -2.20. The predicted octanol–water partition coefficient (Wildman–Crippen LogP) is 7.32. The first-order chi connectivity index (χ1) is 20.2. The largest absolute Gasteiger partial charge is 0.437 e. The first-order valence-corrected chi connectivity index (χ1v) is 14.1. The number of aromatic nitrogens is 3. The second-order valence-corrected chi connectivity index (χ2v) is 10.9. The number of nitrogens with zero attached hydrogens (tertiary/aromatic N) is 3. The van der Waals surface area contributed by atoms with Crippen LogP contribution in [-0.2, 0) is 23.3 Å². The molecule has 0 aliphatic carbocycles. The summed E-state index contributed by atoms with van der Waals surface area (Å²) in [5.74, 6) is 0.710. The van der Waals surface area contributed by atoms with Crippen LogP contribution in [-0.4, -0.2) is 33.5 Å². The third-order valence-electron chi connectivity index (χ3n) is 5.80. The average molecular weight is 634 g/mol. The molecule has 224 valence electrons. The minimum Gasteiger partial charge on any atom is -0.437 e. The van der Waals surface area contributed by atoms with Crippen LogP contribution in [0.2, 0.25) is 5.02 Å². The summed E-state index contributed by atoms with van der Waals surface area (Å²) in [7, 11) is -2.18. The minimum atomic E-state index is -4.51. The molecule has 2 heterocycles. The highest BCUT2D eigenvalue weighted by molar-refractivity contribution is 7.85. The predicted molar refractivity (Wildman–Crippen MR) is 155 cm³/mol. The molecule has 43 heavy (non-hydrogen) atoms. The second-order valence-electron chi connectivity index (χ2n) is 9.03. The number of rotatable bonds is 5. The van der Waals surface area contributed by atoms with Crippen molar-refractivity contribution in [3.63, 3.8) is 0 Å². The van der Waals surface area contributed by atoms with Gasteiger partial charge in [-0.15, -0.1) is 0 Å². The third-order valence-corrected chi connectivity index (χ3v) is 6.98. The number of hydrogen-bond donors (Lipinski definition) is 3. The molecule has 2 amide bonds. The Morgan fingerprint density at radius 1 is 1.00 bits per heavy atom. The molecule has 0 aliphatic rings. The van der Waals surface area contributed by atoms with Crippen LogP contribution in [0.4, 0.5) is 29.3 Å². The summed E-state index contributed by atoms with van der Waals surface area (Å²) in [6.07, 6.45) is -1.30. The Morgan fingerprint density at radius 3 is 2.37 bits per heavy atom. The maximum Gasteiger partial charge on any atom is 0.416 e. The Morgan fingerprint density at radius 2 is 1.72 bits per heavy atom. The number of carbonyl (C=O) groups is 1. The first-order valence-electron chi connectivity index (χ1n) is 12.2. The molecule has 0 fully saturated rings. The van der Waals surface area contributed by atoms with Gasteiger partial charge in [-0.1, -0.05) is 35.4 Å². The van der Waals surface area contributed by atoms with Gasteiger partial charge in [0, 0.05) is 25.0 Å². The van der Waals surface area contributed by atoms with Crippen LogP contribution in [0.15, 0.2) is 90.2 Å². The highest BCUT2D eigenvalue weighted by Crippen LogP contribution is 2.33. The van der Waals surface area contributed by atoms with Crippen molar-refractivity contribution < 1.29 is 35.7 Å². The van der Waals surface area contributed by atoms with E-state index in [1.807, 2.05) is 30.8 Å². The number of hydrogen-bond acceptors (Lipinski definition) is 6. The molecule has 2 aromatic heterocycles. The highest BCUT2D eigenvalue weighted by Gasteiger charge is 2.30. The van der Waals surface area contributed by atoms with Crippen LogP contribution in [0.5, 0.6) is 11.6 Å². The minimum absolute atomic E-state index is 0.0104. The van der Waals surface area contributed by atoms with Gasteiger partial charge in [-0.3, -0.25) is 4.55 Å². The van der Waals surface area contributed by atoms with Crippen LogP contribution in [0.1, 0.15) is 11.1 Å². The number of halogens is 4. The molecule has 3 aromatic carbocycles. The van der Waals surface area contributed by atoms with Gasteiger partial charge in [0.25, 0.3) is 10.1 Å². The van der Waals surface area contributed by atoms with E-state index in [4.69, 9.17) is 20.9 Å². The Hall–Kier alpha value is -4.66. The number of urea groups is 1. The summed E-state index contributed by atoms with van der Waals surface area (Å²) in [6.45, 7) is 1.84. The van der Waals surface area contributed by atoms with Crippen molar-refractivity contribution in [1.82, 2.24) is 14.5 Å². The van der Waals surface area contributed by atoms with Gasteiger partial charge in [0.1, 0.15) is 17.6 Å². The van der Waals surface area contributed by atoms with E-state index in [1.54, 1.807) is 18.2 Å². The average Bonchev–Trinajstić information content (AvgIpc) is 3.31. The Labute approximate surface area is 248 Å². The number of carbonyl (C=O) groups excluding carboxylic acids is 1. The van der Waals surface area contributed by atoms with E-state index in [0.29, 0.717) is 22.7 Å². The van der Waals surface area contributed by atoms with Gasteiger partial charge in [-0.25, -0.2) is 9.78 Å². The lowest BCUT2D eigenvalue weighted by Gasteiger charge is -2.12. The van der Waals surface area contributed by atoms with Crippen LogP contribution in [0, 0.1) is 6.92 Å². The fourth-order valence-corrected chi connectivity index (χ4v) is 4.40. The molecule has 0 spiro atoms. The van der Waals surface area contributed by atoms with E-state index in [0.717, 1.165) is 17.7 Å². The topological polar surface area (TPSA) is 135 Å².